The van der Waals surface area contributed by atoms with Crippen molar-refractivity contribution in [2.24, 2.45) is 7.05 Å². The van der Waals surface area contributed by atoms with E-state index in [4.69, 9.17) is 9.72 Å². The largest absolute Gasteiger partial charge is 0.457 e. The number of carbonyl (C=O) groups is 1. The molecule has 1 fully saturated rings. The lowest BCUT2D eigenvalue weighted by molar-refractivity contribution is -0.128. The monoisotopic (exact) mass is 567 g/mol. The summed E-state index contributed by atoms with van der Waals surface area (Å²) in [5, 5.41) is 3.34. The first-order chi connectivity index (χ1) is 20.3. The van der Waals surface area contributed by atoms with Gasteiger partial charge >= 0.3 is 0 Å². The second-order valence-corrected chi connectivity index (χ2v) is 10.2. The van der Waals surface area contributed by atoms with Crippen molar-refractivity contribution in [3.05, 3.63) is 73.2 Å². The molecule has 4 heterocycles. The number of aryl methyl sites for hydroxylation is 2. The molecule has 1 amide bonds. The zero-order chi connectivity index (χ0) is 29.4. The van der Waals surface area contributed by atoms with Gasteiger partial charge in [-0.2, -0.15) is 0 Å². The van der Waals surface area contributed by atoms with Gasteiger partial charge in [-0.3, -0.25) is 4.79 Å². The Morgan fingerprint density at radius 1 is 1.17 bits per heavy atom. The molecule has 1 aliphatic heterocycles. The molecule has 6 rings (SSSR count). The highest BCUT2D eigenvalue weighted by Gasteiger charge is 2.29. The third-order valence-corrected chi connectivity index (χ3v) is 7.46. The van der Waals surface area contributed by atoms with Crippen molar-refractivity contribution in [3.8, 4) is 11.5 Å². The van der Waals surface area contributed by atoms with Gasteiger partial charge in [0.05, 0.1) is 18.0 Å². The molecular formula is C30H30FN9O2. The summed E-state index contributed by atoms with van der Waals surface area (Å²) in [6.45, 7) is 9.40. The molecule has 214 valence electrons. The highest BCUT2D eigenvalue weighted by Crippen LogP contribution is 2.32. The molecule has 1 atom stereocenters. The lowest BCUT2D eigenvalue weighted by atomic mass is 10.1. The predicted octanol–water partition coefficient (Wildman–Crippen LogP) is 4.90. The molecule has 2 aromatic carbocycles. The second kappa shape index (κ2) is 11.0. The van der Waals surface area contributed by atoms with Crippen LogP contribution in [0.5, 0.6) is 11.5 Å². The maximum Gasteiger partial charge on any atom is 0.246 e. The standard InChI is InChI=1S/C30H30FN9O2/c1-5-20-15-39(9-10-40(20)26(41)6-2)30-32-14-24-27(37-30)29(34-16-33-24)36-19-7-8-25(18(3)11-19)42-21-12-22(31)28-23(13-21)35-17-38(28)4/h6-8,11-14,16-17,20H,2,5,9-10,15H2,1,3-4H3,(H,33,34,36)/t20-/m1/s1. The molecular weight excluding hydrogens is 537 g/mol. The zero-order valence-corrected chi connectivity index (χ0v) is 23.6. The number of fused-ring (bicyclic) bond motifs is 2. The van der Waals surface area contributed by atoms with Gasteiger partial charge in [0.2, 0.25) is 11.9 Å². The lowest BCUT2D eigenvalue weighted by Crippen LogP contribution is -2.55. The van der Waals surface area contributed by atoms with Gasteiger partial charge in [0.1, 0.15) is 34.4 Å². The van der Waals surface area contributed by atoms with E-state index in [1.165, 1.54) is 18.5 Å². The Morgan fingerprint density at radius 2 is 2.02 bits per heavy atom. The van der Waals surface area contributed by atoms with Crippen LogP contribution in [0.4, 0.5) is 21.8 Å². The number of benzene rings is 2. The molecule has 12 heteroatoms. The summed E-state index contributed by atoms with van der Waals surface area (Å²) in [5.41, 5.74) is 3.75. The number of aromatic nitrogens is 6. The summed E-state index contributed by atoms with van der Waals surface area (Å²) >= 11 is 0. The van der Waals surface area contributed by atoms with Gasteiger partial charge in [-0.25, -0.2) is 29.3 Å². The van der Waals surface area contributed by atoms with Gasteiger partial charge in [-0.1, -0.05) is 13.5 Å². The molecule has 5 aromatic rings. The number of anilines is 3. The van der Waals surface area contributed by atoms with E-state index >= 15 is 0 Å². The highest BCUT2D eigenvalue weighted by atomic mass is 19.1. The van der Waals surface area contributed by atoms with Crippen molar-refractivity contribution in [3.63, 3.8) is 0 Å². The SMILES string of the molecule is C=CC(=O)N1CCN(c2ncc3ncnc(Nc4ccc(Oc5cc(F)c6c(c5)ncn6C)c(C)c4)c3n2)C[C@H]1CC. The molecule has 1 N–H and O–H groups in total. The summed E-state index contributed by atoms with van der Waals surface area (Å²) in [6.07, 6.45) is 6.90. The van der Waals surface area contributed by atoms with E-state index in [0.29, 0.717) is 65.0 Å². The molecule has 1 aliphatic rings. The Kier molecular flexibility index (Phi) is 7.11. The topological polar surface area (TPSA) is 114 Å². The highest BCUT2D eigenvalue weighted by molar-refractivity contribution is 5.88. The molecule has 0 unspecified atom stereocenters. The second-order valence-electron chi connectivity index (χ2n) is 10.2. The van der Waals surface area contributed by atoms with Crippen molar-refractivity contribution in [1.82, 2.24) is 34.4 Å². The smallest absolute Gasteiger partial charge is 0.246 e. The van der Waals surface area contributed by atoms with Gasteiger partial charge in [0.25, 0.3) is 0 Å². The number of piperazine rings is 1. The molecule has 0 aliphatic carbocycles. The summed E-state index contributed by atoms with van der Waals surface area (Å²) in [6, 6.07) is 8.71. The fourth-order valence-electron chi connectivity index (χ4n) is 5.26. The van der Waals surface area contributed by atoms with Crippen LogP contribution in [-0.4, -0.2) is 66.0 Å². The molecule has 0 saturated carbocycles. The number of halogens is 1. The van der Waals surface area contributed by atoms with Crippen LogP contribution in [0.2, 0.25) is 0 Å². The molecule has 0 radical (unpaired) electrons. The minimum Gasteiger partial charge on any atom is -0.457 e. The number of imidazole rings is 1. The van der Waals surface area contributed by atoms with E-state index in [1.54, 1.807) is 30.2 Å². The Bertz CT molecular complexity index is 1820. The van der Waals surface area contributed by atoms with E-state index in [9.17, 15) is 9.18 Å². The number of rotatable bonds is 7. The first kappa shape index (κ1) is 27.1. The van der Waals surface area contributed by atoms with Crippen molar-refractivity contribution in [2.75, 3.05) is 29.9 Å². The normalized spacial score (nSPS) is 15.3. The molecule has 0 bridgehead atoms. The van der Waals surface area contributed by atoms with Crippen molar-refractivity contribution in [2.45, 2.75) is 26.3 Å². The third-order valence-electron chi connectivity index (χ3n) is 7.46. The van der Waals surface area contributed by atoms with Gasteiger partial charge in [-0.05, 0) is 43.2 Å². The lowest BCUT2D eigenvalue weighted by Gasteiger charge is -2.40. The maximum atomic E-state index is 14.6. The molecule has 1 saturated heterocycles. The van der Waals surface area contributed by atoms with Crippen molar-refractivity contribution in [1.29, 1.82) is 0 Å². The van der Waals surface area contributed by atoms with Crippen LogP contribution in [0.1, 0.15) is 18.9 Å². The van der Waals surface area contributed by atoms with E-state index < -0.39 is 5.82 Å². The van der Waals surface area contributed by atoms with Gasteiger partial charge in [-0.15, -0.1) is 0 Å². The zero-order valence-electron chi connectivity index (χ0n) is 23.6. The first-order valence-corrected chi connectivity index (χ1v) is 13.7. The average Bonchev–Trinajstić information content (AvgIpc) is 3.38. The first-order valence-electron chi connectivity index (χ1n) is 13.7. The number of hydrogen-bond acceptors (Lipinski definition) is 9. The van der Waals surface area contributed by atoms with E-state index in [1.807, 2.05) is 30.0 Å². The summed E-state index contributed by atoms with van der Waals surface area (Å²) < 4.78 is 22.3. The van der Waals surface area contributed by atoms with Crippen LogP contribution < -0.4 is 15.0 Å². The fourth-order valence-corrected chi connectivity index (χ4v) is 5.26. The van der Waals surface area contributed by atoms with E-state index in [-0.39, 0.29) is 11.9 Å². The minimum absolute atomic E-state index is 0.0410. The van der Waals surface area contributed by atoms with Crippen LogP contribution in [0, 0.1) is 12.7 Å². The molecule has 42 heavy (non-hydrogen) atoms. The van der Waals surface area contributed by atoms with Crippen molar-refractivity contribution < 1.29 is 13.9 Å². The third kappa shape index (κ3) is 5.06. The van der Waals surface area contributed by atoms with Gasteiger partial charge in [0.15, 0.2) is 11.6 Å². The maximum absolute atomic E-state index is 14.6. The molecule has 11 nitrogen and oxygen atoms in total. The van der Waals surface area contributed by atoms with Crippen molar-refractivity contribution >= 4 is 45.4 Å². The number of amides is 1. The van der Waals surface area contributed by atoms with Crippen LogP contribution in [0.15, 0.2) is 61.8 Å². The average molecular weight is 568 g/mol. The van der Waals surface area contributed by atoms with Gasteiger partial charge in [0, 0.05) is 50.5 Å². The Labute approximate surface area is 241 Å². The fraction of sp³-hybridized carbons (Fsp3) is 0.267. The van der Waals surface area contributed by atoms with Gasteiger partial charge < -0.3 is 24.4 Å². The van der Waals surface area contributed by atoms with Crippen LogP contribution >= 0.6 is 0 Å². The minimum atomic E-state index is -0.396. The Morgan fingerprint density at radius 3 is 2.81 bits per heavy atom. The Hall–Kier alpha value is -5.13. The number of nitrogens with zero attached hydrogens (tertiary/aromatic N) is 8. The number of hydrogen-bond donors (Lipinski definition) is 1. The Balaban J connectivity index is 1.23. The summed E-state index contributed by atoms with van der Waals surface area (Å²) in [7, 11) is 1.75. The summed E-state index contributed by atoms with van der Waals surface area (Å²) in [4.78, 5) is 38.6. The summed E-state index contributed by atoms with van der Waals surface area (Å²) in [5.74, 6) is 1.59. The van der Waals surface area contributed by atoms with E-state index in [0.717, 1.165) is 17.7 Å². The quantitative estimate of drug-likeness (QED) is 0.274. The molecule has 3 aromatic heterocycles. The predicted molar refractivity (Wildman–Crippen MR) is 159 cm³/mol. The number of carbonyl (C=O) groups excluding carboxylic acids is 1. The van der Waals surface area contributed by atoms with Crippen LogP contribution in [-0.2, 0) is 11.8 Å². The van der Waals surface area contributed by atoms with Crippen LogP contribution in [0.25, 0.3) is 22.1 Å². The number of ether oxygens (including phenoxy) is 1. The number of nitrogens with one attached hydrogen (secondary N) is 1. The van der Waals surface area contributed by atoms with E-state index in [2.05, 4.69) is 43.7 Å². The molecule has 0 spiro atoms. The van der Waals surface area contributed by atoms with Crippen LogP contribution in [0.3, 0.4) is 0 Å².